The van der Waals surface area contributed by atoms with Crippen LogP contribution < -0.4 is 0 Å². The summed E-state index contributed by atoms with van der Waals surface area (Å²) in [5, 5.41) is 0.715. The van der Waals surface area contributed by atoms with Gasteiger partial charge in [-0.25, -0.2) is 0 Å². The van der Waals surface area contributed by atoms with Gasteiger partial charge in [0.1, 0.15) is 0 Å². The molecule has 92 valence electrons. The summed E-state index contributed by atoms with van der Waals surface area (Å²) < 4.78 is 0. The summed E-state index contributed by atoms with van der Waals surface area (Å²) in [5.41, 5.74) is 1.87. The molecule has 1 unspecified atom stereocenters. The molecular formula is C16H15ClO. The number of halogens is 1. The first-order valence-corrected chi connectivity index (χ1v) is 6.38. The minimum absolute atomic E-state index is 0.0362. The molecule has 0 radical (unpaired) electrons. The van der Waals surface area contributed by atoms with Gasteiger partial charge in [-0.1, -0.05) is 61.0 Å². The number of ketones is 1. The molecule has 0 bridgehead atoms. The van der Waals surface area contributed by atoms with E-state index in [1.165, 1.54) is 0 Å². The van der Waals surface area contributed by atoms with Crippen molar-refractivity contribution in [1.82, 2.24) is 0 Å². The number of rotatable bonds is 4. The first kappa shape index (κ1) is 12.8. The quantitative estimate of drug-likeness (QED) is 0.743. The Balaban J connectivity index is 2.09. The van der Waals surface area contributed by atoms with Crippen molar-refractivity contribution in [2.24, 2.45) is 5.92 Å². The SMILES string of the molecule is CC(Cc1cccc(Cl)c1)C(=O)c1ccccc1. The van der Waals surface area contributed by atoms with Crippen LogP contribution in [0.4, 0.5) is 0 Å². The van der Waals surface area contributed by atoms with Crippen molar-refractivity contribution in [2.45, 2.75) is 13.3 Å². The van der Waals surface area contributed by atoms with Gasteiger partial charge < -0.3 is 0 Å². The predicted molar refractivity (Wildman–Crippen MR) is 75.1 cm³/mol. The molecule has 18 heavy (non-hydrogen) atoms. The van der Waals surface area contributed by atoms with E-state index in [0.717, 1.165) is 11.1 Å². The number of carbonyl (C=O) groups is 1. The second-order valence-electron chi connectivity index (χ2n) is 4.47. The third-order valence-corrected chi connectivity index (χ3v) is 3.17. The molecule has 0 amide bonds. The van der Waals surface area contributed by atoms with Crippen molar-refractivity contribution in [2.75, 3.05) is 0 Å². The molecule has 0 aliphatic rings. The smallest absolute Gasteiger partial charge is 0.165 e. The minimum atomic E-state index is -0.0362. The summed E-state index contributed by atoms with van der Waals surface area (Å²) in [6.45, 7) is 1.95. The van der Waals surface area contributed by atoms with Crippen LogP contribution in [0.2, 0.25) is 5.02 Å². The van der Waals surface area contributed by atoms with E-state index in [1.54, 1.807) is 0 Å². The highest BCUT2D eigenvalue weighted by Gasteiger charge is 2.15. The van der Waals surface area contributed by atoms with Gasteiger partial charge in [0, 0.05) is 16.5 Å². The van der Waals surface area contributed by atoms with Gasteiger partial charge in [-0.3, -0.25) is 4.79 Å². The summed E-state index contributed by atoms with van der Waals surface area (Å²) in [6.07, 6.45) is 0.717. The number of Topliss-reactive ketones (excluding diaryl/α,β-unsaturated/α-hetero) is 1. The minimum Gasteiger partial charge on any atom is -0.294 e. The summed E-state index contributed by atoms with van der Waals surface area (Å²) in [5.74, 6) is 0.140. The van der Waals surface area contributed by atoms with E-state index in [-0.39, 0.29) is 11.7 Å². The number of benzene rings is 2. The Morgan fingerprint density at radius 3 is 2.50 bits per heavy atom. The van der Waals surface area contributed by atoms with Crippen LogP contribution in [0.15, 0.2) is 54.6 Å². The standard InChI is InChI=1S/C16H15ClO/c1-12(10-13-6-5-9-15(17)11-13)16(18)14-7-3-2-4-8-14/h2-9,11-12H,10H2,1H3. The second kappa shape index (κ2) is 5.83. The monoisotopic (exact) mass is 258 g/mol. The number of hydrogen-bond acceptors (Lipinski definition) is 1. The van der Waals surface area contributed by atoms with Crippen molar-refractivity contribution in [1.29, 1.82) is 0 Å². The van der Waals surface area contributed by atoms with Crippen molar-refractivity contribution >= 4 is 17.4 Å². The fourth-order valence-corrected chi connectivity index (χ4v) is 2.21. The molecule has 0 saturated carbocycles. The second-order valence-corrected chi connectivity index (χ2v) is 4.90. The zero-order valence-corrected chi connectivity index (χ0v) is 11.0. The van der Waals surface area contributed by atoms with E-state index in [0.29, 0.717) is 11.4 Å². The molecule has 0 spiro atoms. The maximum Gasteiger partial charge on any atom is 0.165 e. The summed E-state index contributed by atoms with van der Waals surface area (Å²) in [6, 6.07) is 17.1. The van der Waals surface area contributed by atoms with Crippen LogP contribution in [0, 0.1) is 5.92 Å². The van der Waals surface area contributed by atoms with Gasteiger partial charge in [0.15, 0.2) is 5.78 Å². The zero-order chi connectivity index (χ0) is 13.0. The van der Waals surface area contributed by atoms with Gasteiger partial charge in [0.2, 0.25) is 0 Å². The van der Waals surface area contributed by atoms with E-state index in [4.69, 9.17) is 11.6 Å². The molecule has 2 aromatic carbocycles. The number of hydrogen-bond donors (Lipinski definition) is 0. The average Bonchev–Trinajstić information content (AvgIpc) is 2.39. The Bertz CT molecular complexity index is 534. The van der Waals surface area contributed by atoms with Gasteiger partial charge in [-0.05, 0) is 24.1 Å². The third kappa shape index (κ3) is 3.21. The average molecular weight is 259 g/mol. The molecule has 0 saturated heterocycles. The normalized spacial score (nSPS) is 12.1. The van der Waals surface area contributed by atoms with E-state index in [1.807, 2.05) is 61.5 Å². The first-order valence-electron chi connectivity index (χ1n) is 6.00. The highest BCUT2D eigenvalue weighted by molar-refractivity contribution is 6.30. The van der Waals surface area contributed by atoms with Crippen LogP contribution in [-0.4, -0.2) is 5.78 Å². The molecular weight excluding hydrogens is 244 g/mol. The molecule has 0 aliphatic heterocycles. The van der Waals surface area contributed by atoms with Crippen molar-refractivity contribution in [3.8, 4) is 0 Å². The van der Waals surface area contributed by atoms with Gasteiger partial charge in [-0.15, -0.1) is 0 Å². The summed E-state index contributed by atoms with van der Waals surface area (Å²) in [4.78, 5) is 12.2. The maximum atomic E-state index is 12.2. The van der Waals surface area contributed by atoms with Crippen LogP contribution in [-0.2, 0) is 6.42 Å². The lowest BCUT2D eigenvalue weighted by Gasteiger charge is -2.10. The van der Waals surface area contributed by atoms with E-state index in [9.17, 15) is 4.79 Å². The molecule has 1 nitrogen and oxygen atoms in total. The van der Waals surface area contributed by atoms with Crippen LogP contribution in [0.25, 0.3) is 0 Å². The molecule has 0 aromatic heterocycles. The molecule has 2 heteroatoms. The lowest BCUT2D eigenvalue weighted by atomic mass is 9.93. The van der Waals surface area contributed by atoms with E-state index >= 15 is 0 Å². The van der Waals surface area contributed by atoms with Crippen LogP contribution in [0.1, 0.15) is 22.8 Å². The van der Waals surface area contributed by atoms with E-state index < -0.39 is 0 Å². The highest BCUT2D eigenvalue weighted by Crippen LogP contribution is 2.17. The topological polar surface area (TPSA) is 17.1 Å². The fourth-order valence-electron chi connectivity index (χ4n) is 2.00. The Labute approximate surface area is 112 Å². The zero-order valence-electron chi connectivity index (χ0n) is 10.3. The Hall–Kier alpha value is -1.60. The highest BCUT2D eigenvalue weighted by atomic mass is 35.5. The lowest BCUT2D eigenvalue weighted by molar-refractivity contribution is 0.0929. The molecule has 0 N–H and O–H groups in total. The van der Waals surface area contributed by atoms with Gasteiger partial charge >= 0.3 is 0 Å². The predicted octanol–water partition coefficient (Wildman–Crippen LogP) is 4.40. The molecule has 0 heterocycles. The van der Waals surface area contributed by atoms with E-state index in [2.05, 4.69) is 0 Å². The first-order chi connectivity index (χ1) is 8.66. The Morgan fingerprint density at radius 1 is 1.11 bits per heavy atom. The van der Waals surface area contributed by atoms with Gasteiger partial charge in [0.25, 0.3) is 0 Å². The van der Waals surface area contributed by atoms with Crippen LogP contribution in [0.3, 0.4) is 0 Å². The Morgan fingerprint density at radius 2 is 1.83 bits per heavy atom. The maximum absolute atomic E-state index is 12.2. The largest absolute Gasteiger partial charge is 0.294 e. The summed E-state index contributed by atoms with van der Waals surface area (Å²) >= 11 is 5.94. The molecule has 0 fully saturated rings. The van der Waals surface area contributed by atoms with Crippen LogP contribution in [0.5, 0.6) is 0 Å². The Kier molecular flexibility index (Phi) is 4.16. The number of carbonyl (C=O) groups excluding carboxylic acids is 1. The molecule has 0 aliphatic carbocycles. The van der Waals surface area contributed by atoms with Gasteiger partial charge in [0.05, 0.1) is 0 Å². The van der Waals surface area contributed by atoms with Crippen molar-refractivity contribution in [3.05, 3.63) is 70.7 Å². The molecule has 2 rings (SSSR count). The van der Waals surface area contributed by atoms with Crippen LogP contribution >= 0.6 is 11.6 Å². The van der Waals surface area contributed by atoms with Gasteiger partial charge in [-0.2, -0.15) is 0 Å². The van der Waals surface area contributed by atoms with Crippen molar-refractivity contribution < 1.29 is 4.79 Å². The molecule has 2 aromatic rings. The lowest BCUT2D eigenvalue weighted by Crippen LogP contribution is -2.13. The molecule has 1 atom stereocenters. The fraction of sp³-hybridized carbons (Fsp3) is 0.188. The summed E-state index contributed by atoms with van der Waals surface area (Å²) in [7, 11) is 0. The third-order valence-electron chi connectivity index (χ3n) is 2.94. The van der Waals surface area contributed by atoms with Crippen molar-refractivity contribution in [3.63, 3.8) is 0 Å².